The van der Waals surface area contributed by atoms with Gasteiger partial charge in [0.15, 0.2) is 0 Å². The molecule has 2 heteroatoms. The molecule has 0 radical (unpaired) electrons. The van der Waals surface area contributed by atoms with Gasteiger partial charge in [-0.25, -0.2) is 0 Å². The van der Waals surface area contributed by atoms with Crippen LogP contribution < -0.4 is 10.2 Å². The molecule has 3 aromatic carbocycles. The summed E-state index contributed by atoms with van der Waals surface area (Å²) in [6.45, 7) is 11.0. The van der Waals surface area contributed by atoms with E-state index in [0.717, 1.165) is 25.2 Å². The summed E-state index contributed by atoms with van der Waals surface area (Å²) in [6, 6.07) is 20.6. The number of hydrogen-bond donors (Lipinski definition) is 1. The Balaban J connectivity index is 1.58. The van der Waals surface area contributed by atoms with Crippen LogP contribution in [0.5, 0.6) is 0 Å². The van der Waals surface area contributed by atoms with Crippen LogP contribution in [0.25, 0.3) is 11.1 Å². The second-order valence-electron chi connectivity index (χ2n) is 8.44. The van der Waals surface area contributed by atoms with Crippen LogP contribution in [0.3, 0.4) is 0 Å². The van der Waals surface area contributed by atoms with E-state index < -0.39 is 0 Å². The third-order valence-electron chi connectivity index (χ3n) is 6.40. The maximum atomic E-state index is 3.65. The highest BCUT2D eigenvalue weighted by molar-refractivity contribution is 5.83. The smallest absolute Gasteiger partial charge is 0.0417 e. The number of rotatable bonds is 8. The maximum Gasteiger partial charge on any atom is 0.0417 e. The van der Waals surface area contributed by atoms with Crippen LogP contribution in [0.15, 0.2) is 54.6 Å². The monoisotopic (exact) mass is 398 g/mol. The van der Waals surface area contributed by atoms with Crippen molar-refractivity contribution in [2.24, 2.45) is 0 Å². The SMILES string of the molecule is CCCCc1ccc(Nc2cc3c(cc2C)-c2cc(N(CC)CC)ccc2C3)cc1. The lowest BCUT2D eigenvalue weighted by Crippen LogP contribution is -2.21. The molecule has 0 heterocycles. The number of unbranched alkanes of at least 4 members (excludes halogenated alkanes) is 1. The van der Waals surface area contributed by atoms with Crippen LogP contribution in [0.2, 0.25) is 0 Å². The fraction of sp³-hybridized carbons (Fsp3) is 0.357. The van der Waals surface area contributed by atoms with Gasteiger partial charge < -0.3 is 10.2 Å². The molecule has 0 unspecified atom stereocenters. The highest BCUT2D eigenvalue weighted by atomic mass is 15.1. The lowest BCUT2D eigenvalue weighted by Gasteiger charge is -2.22. The van der Waals surface area contributed by atoms with Gasteiger partial charge in [-0.2, -0.15) is 0 Å². The number of aryl methyl sites for hydroxylation is 2. The number of nitrogens with zero attached hydrogens (tertiary/aromatic N) is 1. The topological polar surface area (TPSA) is 15.3 Å². The van der Waals surface area contributed by atoms with Crippen molar-refractivity contribution in [3.8, 4) is 11.1 Å². The fourth-order valence-electron chi connectivity index (χ4n) is 4.54. The zero-order valence-corrected chi connectivity index (χ0v) is 18.9. The first kappa shape index (κ1) is 20.5. The molecule has 3 aromatic rings. The third kappa shape index (κ3) is 4.09. The van der Waals surface area contributed by atoms with Crippen molar-refractivity contribution in [1.29, 1.82) is 0 Å². The van der Waals surface area contributed by atoms with Gasteiger partial charge in [0.05, 0.1) is 0 Å². The molecule has 2 nitrogen and oxygen atoms in total. The van der Waals surface area contributed by atoms with Gasteiger partial charge in [0.1, 0.15) is 0 Å². The molecule has 1 aliphatic carbocycles. The van der Waals surface area contributed by atoms with Gasteiger partial charge in [-0.05, 0) is 110 Å². The molecule has 30 heavy (non-hydrogen) atoms. The molecule has 0 aliphatic heterocycles. The average Bonchev–Trinajstić information content (AvgIpc) is 3.11. The van der Waals surface area contributed by atoms with Gasteiger partial charge in [0.2, 0.25) is 0 Å². The van der Waals surface area contributed by atoms with Crippen LogP contribution in [-0.4, -0.2) is 13.1 Å². The van der Waals surface area contributed by atoms with Crippen molar-refractivity contribution in [1.82, 2.24) is 0 Å². The van der Waals surface area contributed by atoms with Crippen LogP contribution >= 0.6 is 0 Å². The van der Waals surface area contributed by atoms with Crippen LogP contribution in [0.4, 0.5) is 17.1 Å². The Kier molecular flexibility index (Phi) is 6.13. The minimum absolute atomic E-state index is 1.02. The molecule has 0 fully saturated rings. The first-order valence-corrected chi connectivity index (χ1v) is 11.5. The van der Waals surface area contributed by atoms with Crippen molar-refractivity contribution < 1.29 is 0 Å². The quantitative estimate of drug-likeness (QED) is 0.330. The molecule has 0 atom stereocenters. The molecule has 4 rings (SSSR count). The van der Waals surface area contributed by atoms with Crippen molar-refractivity contribution in [2.75, 3.05) is 23.3 Å². The van der Waals surface area contributed by atoms with E-state index in [1.807, 2.05) is 0 Å². The van der Waals surface area contributed by atoms with Crippen molar-refractivity contribution in [2.45, 2.75) is 53.4 Å². The largest absolute Gasteiger partial charge is 0.372 e. The normalized spacial score (nSPS) is 11.9. The van der Waals surface area contributed by atoms with Gasteiger partial charge in [0.25, 0.3) is 0 Å². The predicted octanol–water partition coefficient (Wildman–Crippen LogP) is 7.50. The lowest BCUT2D eigenvalue weighted by molar-refractivity contribution is 0.795. The van der Waals surface area contributed by atoms with E-state index in [-0.39, 0.29) is 0 Å². The first-order chi connectivity index (χ1) is 14.6. The molecule has 1 aliphatic rings. The van der Waals surface area contributed by atoms with Gasteiger partial charge in [0, 0.05) is 30.2 Å². The van der Waals surface area contributed by atoms with E-state index >= 15 is 0 Å². The molecule has 0 bridgehead atoms. The summed E-state index contributed by atoms with van der Waals surface area (Å²) in [5.41, 5.74) is 12.1. The summed E-state index contributed by atoms with van der Waals surface area (Å²) in [5.74, 6) is 0. The number of fused-ring (bicyclic) bond motifs is 3. The molecule has 0 saturated carbocycles. The standard InChI is InChI=1S/C28H34N2/c1-5-8-9-21-10-13-24(14-11-21)29-28-18-23-17-22-12-15-25(30(6-2)7-3)19-27(22)26(23)16-20(28)4/h10-16,18-19,29H,5-9,17H2,1-4H3. The molecule has 0 spiro atoms. The van der Waals surface area contributed by atoms with Gasteiger partial charge in [-0.3, -0.25) is 0 Å². The Hall–Kier alpha value is -2.74. The zero-order chi connectivity index (χ0) is 21.1. The second-order valence-corrected chi connectivity index (χ2v) is 8.44. The Bertz CT molecular complexity index is 1010. The van der Waals surface area contributed by atoms with Gasteiger partial charge in [-0.1, -0.05) is 31.5 Å². The average molecular weight is 399 g/mol. The summed E-state index contributed by atoms with van der Waals surface area (Å²) in [7, 11) is 0. The molecule has 0 aromatic heterocycles. The Morgan fingerprint density at radius 3 is 2.27 bits per heavy atom. The molecule has 1 N–H and O–H groups in total. The maximum absolute atomic E-state index is 3.65. The lowest BCUT2D eigenvalue weighted by atomic mass is 10.0. The molecule has 156 valence electrons. The number of benzene rings is 3. The molecule has 0 saturated heterocycles. The van der Waals surface area contributed by atoms with E-state index in [1.165, 1.54) is 64.0 Å². The molecule has 0 amide bonds. The summed E-state index contributed by atoms with van der Waals surface area (Å²) >= 11 is 0. The number of hydrogen-bond acceptors (Lipinski definition) is 2. The predicted molar refractivity (Wildman–Crippen MR) is 131 cm³/mol. The number of nitrogens with one attached hydrogen (secondary N) is 1. The van der Waals surface area contributed by atoms with Crippen LogP contribution in [-0.2, 0) is 12.8 Å². The van der Waals surface area contributed by atoms with Crippen molar-refractivity contribution in [3.05, 3.63) is 76.9 Å². The summed E-state index contributed by atoms with van der Waals surface area (Å²) in [5, 5.41) is 3.65. The molecular formula is C28H34N2. The minimum atomic E-state index is 1.02. The minimum Gasteiger partial charge on any atom is -0.372 e. The first-order valence-electron chi connectivity index (χ1n) is 11.5. The molecular weight excluding hydrogens is 364 g/mol. The van der Waals surface area contributed by atoms with Gasteiger partial charge >= 0.3 is 0 Å². The van der Waals surface area contributed by atoms with Crippen molar-refractivity contribution >= 4 is 17.1 Å². The van der Waals surface area contributed by atoms with Crippen molar-refractivity contribution in [3.63, 3.8) is 0 Å². The van der Waals surface area contributed by atoms with Gasteiger partial charge in [-0.15, -0.1) is 0 Å². The number of anilines is 3. The third-order valence-corrected chi connectivity index (χ3v) is 6.40. The Labute approximate surface area is 181 Å². The highest BCUT2D eigenvalue weighted by Crippen LogP contribution is 2.41. The van der Waals surface area contributed by atoms with Crippen LogP contribution in [0, 0.1) is 6.92 Å². The van der Waals surface area contributed by atoms with E-state index in [1.54, 1.807) is 0 Å². The summed E-state index contributed by atoms with van der Waals surface area (Å²) in [6.07, 6.45) is 4.69. The van der Waals surface area contributed by atoms with Crippen LogP contribution in [0.1, 0.15) is 55.9 Å². The Morgan fingerprint density at radius 1 is 0.833 bits per heavy atom. The van der Waals surface area contributed by atoms with E-state index in [9.17, 15) is 0 Å². The van der Waals surface area contributed by atoms with E-state index in [0.29, 0.717) is 0 Å². The summed E-state index contributed by atoms with van der Waals surface area (Å²) < 4.78 is 0. The summed E-state index contributed by atoms with van der Waals surface area (Å²) in [4.78, 5) is 2.42. The van der Waals surface area contributed by atoms with E-state index in [2.05, 4.69) is 92.5 Å². The Morgan fingerprint density at radius 2 is 1.57 bits per heavy atom. The highest BCUT2D eigenvalue weighted by Gasteiger charge is 2.21. The fourth-order valence-corrected chi connectivity index (χ4v) is 4.54. The van der Waals surface area contributed by atoms with E-state index in [4.69, 9.17) is 0 Å². The zero-order valence-electron chi connectivity index (χ0n) is 18.9. The second kappa shape index (κ2) is 8.95.